The number of fused-ring (bicyclic) bond motifs is 2. The summed E-state index contributed by atoms with van der Waals surface area (Å²) in [5, 5.41) is 10.8. The Morgan fingerprint density at radius 2 is 2.02 bits per heavy atom. The SMILES string of the molecule is CN1CC[C@@H](COc2nc(N(C)CC3(N(C)C)CCC3)c3cnc(-c4cc(F)c(F)c5sc(N)c(C#N)c45)cc3n2)C1. The summed E-state index contributed by atoms with van der Waals surface area (Å²) in [6.45, 7) is 3.26. The average Bonchev–Trinajstić information content (AvgIpc) is 3.52. The number of likely N-dealkylation sites (tertiary alicyclic amines) is 1. The van der Waals surface area contributed by atoms with Crippen LogP contribution in [0, 0.1) is 28.9 Å². The Bertz CT molecular complexity index is 1710. The van der Waals surface area contributed by atoms with Gasteiger partial charge in [-0.25, -0.2) is 8.78 Å². The Labute approximate surface area is 247 Å². The molecule has 1 saturated heterocycles. The van der Waals surface area contributed by atoms with Crippen molar-refractivity contribution in [2.24, 2.45) is 5.92 Å². The summed E-state index contributed by atoms with van der Waals surface area (Å²) in [6, 6.07) is 5.09. The lowest BCUT2D eigenvalue weighted by atomic mass is 9.75. The molecule has 2 fully saturated rings. The Morgan fingerprint density at radius 3 is 2.67 bits per heavy atom. The molecule has 1 saturated carbocycles. The first kappa shape index (κ1) is 28.5. The van der Waals surface area contributed by atoms with E-state index in [2.05, 4.69) is 40.8 Å². The fraction of sp³-hybridized carbons (Fsp3) is 0.467. The number of nitriles is 1. The maximum absolute atomic E-state index is 14.7. The molecule has 1 aliphatic heterocycles. The number of pyridine rings is 1. The van der Waals surface area contributed by atoms with Gasteiger partial charge in [-0.2, -0.15) is 15.2 Å². The third-order valence-corrected chi connectivity index (χ3v) is 9.89. The molecular formula is C30H34F2N8OS. The van der Waals surface area contributed by atoms with Gasteiger partial charge in [-0.1, -0.05) is 0 Å². The number of aromatic nitrogens is 3. The molecule has 1 aromatic carbocycles. The van der Waals surface area contributed by atoms with E-state index in [1.54, 1.807) is 12.3 Å². The van der Waals surface area contributed by atoms with Gasteiger partial charge in [0, 0.05) is 48.7 Å². The fourth-order valence-electron chi connectivity index (χ4n) is 6.24. The Balaban J connectivity index is 1.46. The number of benzene rings is 1. The monoisotopic (exact) mass is 592 g/mol. The molecule has 2 aliphatic rings. The van der Waals surface area contributed by atoms with Crippen LogP contribution in [-0.2, 0) is 0 Å². The van der Waals surface area contributed by atoms with Crippen LogP contribution in [0.15, 0.2) is 18.3 Å². The van der Waals surface area contributed by atoms with Gasteiger partial charge in [-0.3, -0.25) is 4.98 Å². The predicted molar refractivity (Wildman–Crippen MR) is 162 cm³/mol. The molecule has 1 aliphatic carbocycles. The predicted octanol–water partition coefficient (Wildman–Crippen LogP) is 4.89. The van der Waals surface area contributed by atoms with Crippen molar-refractivity contribution in [1.29, 1.82) is 5.26 Å². The Hall–Kier alpha value is -3.66. The summed E-state index contributed by atoms with van der Waals surface area (Å²) in [6.07, 6.45) is 6.10. The van der Waals surface area contributed by atoms with Gasteiger partial charge < -0.3 is 25.2 Å². The lowest BCUT2D eigenvalue weighted by Gasteiger charge is -2.49. The van der Waals surface area contributed by atoms with Gasteiger partial charge in [-0.05, 0) is 65.5 Å². The molecule has 4 aromatic rings. The van der Waals surface area contributed by atoms with Gasteiger partial charge in [0.25, 0.3) is 0 Å². The summed E-state index contributed by atoms with van der Waals surface area (Å²) >= 11 is 0.852. The molecule has 3 aromatic heterocycles. The van der Waals surface area contributed by atoms with E-state index >= 15 is 0 Å². The van der Waals surface area contributed by atoms with Gasteiger partial charge in [0.15, 0.2) is 11.6 Å². The summed E-state index contributed by atoms with van der Waals surface area (Å²) in [4.78, 5) is 20.9. The minimum absolute atomic E-state index is 0.0101. The number of rotatable bonds is 8. The quantitative estimate of drug-likeness (QED) is 0.306. The number of nitrogens with zero attached hydrogens (tertiary/aromatic N) is 7. The highest BCUT2D eigenvalue weighted by Crippen LogP contribution is 2.42. The minimum atomic E-state index is -1.03. The maximum atomic E-state index is 14.7. The van der Waals surface area contributed by atoms with E-state index in [4.69, 9.17) is 20.4 Å². The first-order valence-electron chi connectivity index (χ1n) is 14.1. The van der Waals surface area contributed by atoms with Gasteiger partial charge in [0.2, 0.25) is 0 Å². The molecule has 9 nitrogen and oxygen atoms in total. The molecule has 0 radical (unpaired) electrons. The van der Waals surface area contributed by atoms with Crippen LogP contribution in [0.3, 0.4) is 0 Å². The number of nitrogen functional groups attached to an aromatic ring is 1. The summed E-state index contributed by atoms with van der Waals surface area (Å²) in [5.74, 6) is -0.982. The molecule has 4 heterocycles. The number of thiophene rings is 1. The first-order valence-corrected chi connectivity index (χ1v) is 14.9. The van der Waals surface area contributed by atoms with Crippen molar-refractivity contribution in [2.75, 3.05) is 65.1 Å². The molecule has 6 rings (SSSR count). The van der Waals surface area contributed by atoms with Crippen LogP contribution in [0.2, 0.25) is 0 Å². The topological polar surface area (TPSA) is 107 Å². The summed E-state index contributed by atoms with van der Waals surface area (Å²) in [5.41, 5.74) is 7.36. The largest absolute Gasteiger partial charge is 0.463 e. The highest BCUT2D eigenvalue weighted by molar-refractivity contribution is 7.23. The van der Waals surface area contributed by atoms with Crippen LogP contribution in [-0.4, -0.2) is 84.7 Å². The van der Waals surface area contributed by atoms with E-state index in [-0.39, 0.29) is 37.8 Å². The maximum Gasteiger partial charge on any atom is 0.318 e. The molecule has 1 atom stereocenters. The van der Waals surface area contributed by atoms with Crippen LogP contribution in [0.4, 0.5) is 19.6 Å². The van der Waals surface area contributed by atoms with E-state index in [0.717, 1.165) is 56.3 Å². The van der Waals surface area contributed by atoms with Gasteiger partial charge in [0.05, 0.1) is 33.5 Å². The molecule has 0 unspecified atom stereocenters. The molecule has 220 valence electrons. The van der Waals surface area contributed by atoms with E-state index in [1.807, 2.05) is 13.1 Å². The third kappa shape index (κ3) is 4.89. The van der Waals surface area contributed by atoms with Crippen LogP contribution in [0.25, 0.3) is 32.2 Å². The number of likely N-dealkylation sites (N-methyl/N-ethyl adjacent to an activating group) is 2. The lowest BCUT2D eigenvalue weighted by molar-refractivity contribution is 0.0682. The number of hydrogen-bond donors (Lipinski definition) is 1. The normalized spacial score (nSPS) is 18.5. The Morgan fingerprint density at radius 1 is 1.24 bits per heavy atom. The van der Waals surface area contributed by atoms with Crippen molar-refractivity contribution in [3.8, 4) is 23.3 Å². The van der Waals surface area contributed by atoms with Crippen molar-refractivity contribution in [2.45, 2.75) is 31.2 Å². The number of anilines is 2. The first-order chi connectivity index (χ1) is 20.1. The van der Waals surface area contributed by atoms with E-state index in [1.165, 1.54) is 6.42 Å². The molecule has 42 heavy (non-hydrogen) atoms. The number of ether oxygens (including phenoxy) is 1. The third-order valence-electron chi connectivity index (χ3n) is 8.88. The number of nitrogens with two attached hydrogens (primary N) is 1. The smallest absolute Gasteiger partial charge is 0.318 e. The highest BCUT2D eigenvalue weighted by atomic mass is 32.1. The van der Waals surface area contributed by atoms with E-state index < -0.39 is 11.6 Å². The Kier molecular flexibility index (Phi) is 7.37. The zero-order chi connectivity index (χ0) is 29.8. The molecule has 2 N–H and O–H groups in total. The molecule has 12 heteroatoms. The van der Waals surface area contributed by atoms with Gasteiger partial charge in [-0.15, -0.1) is 11.3 Å². The van der Waals surface area contributed by atoms with E-state index in [9.17, 15) is 14.0 Å². The zero-order valence-corrected chi connectivity index (χ0v) is 25.1. The van der Waals surface area contributed by atoms with Gasteiger partial charge >= 0.3 is 6.01 Å². The van der Waals surface area contributed by atoms with Crippen molar-refractivity contribution in [3.63, 3.8) is 0 Å². The van der Waals surface area contributed by atoms with Crippen LogP contribution in [0.1, 0.15) is 31.2 Å². The van der Waals surface area contributed by atoms with Crippen LogP contribution in [0.5, 0.6) is 6.01 Å². The highest BCUT2D eigenvalue weighted by Gasteiger charge is 2.40. The molecule has 0 amide bonds. The molecular weight excluding hydrogens is 558 g/mol. The van der Waals surface area contributed by atoms with Crippen LogP contribution < -0.4 is 15.4 Å². The number of halogens is 2. The lowest BCUT2D eigenvalue weighted by Crippen LogP contribution is -2.56. The minimum Gasteiger partial charge on any atom is -0.463 e. The van der Waals surface area contributed by atoms with Crippen LogP contribution >= 0.6 is 11.3 Å². The number of hydrogen-bond acceptors (Lipinski definition) is 10. The fourth-order valence-corrected chi connectivity index (χ4v) is 7.21. The zero-order valence-electron chi connectivity index (χ0n) is 24.2. The van der Waals surface area contributed by atoms with Crippen molar-refractivity contribution in [1.82, 2.24) is 24.8 Å². The standard InChI is InChI=1S/C30H34F2N8OS/c1-38(2)30(7-5-8-30)16-40(4)28-20-13-35-22(11-23(20)36-29(37-28)41-15-17-6-9-39(3)14-17)18-10-21(31)25(32)26-24(18)19(12-33)27(34)42-26/h10-11,13,17H,5-9,14-16,34H2,1-4H3/t17-/m1/s1. The van der Waals surface area contributed by atoms with Crippen molar-refractivity contribution in [3.05, 3.63) is 35.5 Å². The second-order valence-electron chi connectivity index (χ2n) is 11.8. The van der Waals surface area contributed by atoms with E-state index in [0.29, 0.717) is 34.9 Å². The summed E-state index contributed by atoms with van der Waals surface area (Å²) < 4.78 is 35.6. The second-order valence-corrected chi connectivity index (χ2v) is 12.9. The van der Waals surface area contributed by atoms with Crippen molar-refractivity contribution < 1.29 is 13.5 Å². The van der Waals surface area contributed by atoms with Crippen molar-refractivity contribution >= 4 is 43.1 Å². The summed E-state index contributed by atoms with van der Waals surface area (Å²) in [7, 11) is 8.34. The second kappa shape index (κ2) is 10.9. The van der Waals surface area contributed by atoms with Gasteiger partial charge in [0.1, 0.15) is 16.9 Å². The molecule has 0 bridgehead atoms. The average molecular weight is 593 g/mol. The molecule has 0 spiro atoms.